The zero-order chi connectivity index (χ0) is 20.9. The Kier molecular flexibility index (Phi) is 4.37. The summed E-state index contributed by atoms with van der Waals surface area (Å²) in [4.78, 5) is 6.31. The molecular weight excluding hydrogens is 384 g/mol. The van der Waals surface area contributed by atoms with Gasteiger partial charge in [0.25, 0.3) is 0 Å². The number of fused-ring (bicyclic) bond motifs is 3. The Morgan fingerprint density at radius 1 is 0.900 bits per heavy atom. The van der Waals surface area contributed by atoms with Gasteiger partial charge in [-0.2, -0.15) is 0 Å². The highest BCUT2D eigenvalue weighted by molar-refractivity contribution is 8.13. The van der Waals surface area contributed by atoms with Crippen molar-refractivity contribution in [3.63, 3.8) is 0 Å². The van der Waals surface area contributed by atoms with E-state index in [0.717, 1.165) is 26.6 Å². The van der Waals surface area contributed by atoms with Gasteiger partial charge in [-0.3, -0.25) is 10.4 Å². The Bertz CT molecular complexity index is 1260. The summed E-state index contributed by atoms with van der Waals surface area (Å²) in [6.45, 7) is 8.39. The monoisotopic (exact) mass is 406 g/mol. The van der Waals surface area contributed by atoms with Crippen LogP contribution >= 0.6 is 11.8 Å². The van der Waals surface area contributed by atoms with E-state index in [9.17, 15) is 0 Å². The number of thioether (sulfide) groups is 1. The van der Waals surface area contributed by atoms with Gasteiger partial charge in [0.15, 0.2) is 0 Å². The van der Waals surface area contributed by atoms with Crippen LogP contribution in [0, 0.1) is 5.41 Å². The molecule has 1 heterocycles. The minimum absolute atomic E-state index is 0.0668. The Morgan fingerprint density at radius 3 is 2.37 bits per heavy atom. The van der Waals surface area contributed by atoms with E-state index < -0.39 is 0 Å². The van der Waals surface area contributed by atoms with Gasteiger partial charge in [0, 0.05) is 15.9 Å². The summed E-state index contributed by atoms with van der Waals surface area (Å²) in [6, 6.07) is 25.4. The highest BCUT2D eigenvalue weighted by Crippen LogP contribution is 2.50. The van der Waals surface area contributed by atoms with Crippen molar-refractivity contribution in [1.29, 1.82) is 5.41 Å². The molecule has 0 saturated heterocycles. The SMILES string of the molecule is C=N/C(=C1/SC(c2ccccc2)=CC1=N)c1ccc2c(c1)C(C)(C)c1ccccc1-2. The van der Waals surface area contributed by atoms with E-state index in [0.29, 0.717) is 5.71 Å². The van der Waals surface area contributed by atoms with E-state index in [1.807, 2.05) is 24.3 Å². The van der Waals surface area contributed by atoms with E-state index >= 15 is 0 Å². The molecule has 1 N–H and O–H groups in total. The molecule has 146 valence electrons. The Labute approximate surface area is 181 Å². The van der Waals surface area contributed by atoms with Gasteiger partial charge in [-0.1, -0.05) is 92.3 Å². The maximum atomic E-state index is 8.56. The summed E-state index contributed by atoms with van der Waals surface area (Å²) in [5.74, 6) is 0. The first-order valence-electron chi connectivity index (χ1n) is 10.0. The minimum atomic E-state index is -0.0668. The quantitative estimate of drug-likeness (QED) is 0.460. The molecule has 2 aliphatic rings. The highest BCUT2D eigenvalue weighted by Gasteiger charge is 2.35. The van der Waals surface area contributed by atoms with Crippen molar-refractivity contribution in [3.05, 3.63) is 106 Å². The molecule has 30 heavy (non-hydrogen) atoms. The normalized spacial score (nSPS) is 17.9. The number of nitrogens with one attached hydrogen (secondary N) is 1. The molecule has 0 aromatic heterocycles. The van der Waals surface area contributed by atoms with Crippen LogP contribution in [0.25, 0.3) is 21.7 Å². The van der Waals surface area contributed by atoms with Gasteiger partial charge in [0.1, 0.15) is 0 Å². The summed E-state index contributed by atoms with van der Waals surface area (Å²) in [5, 5.41) is 8.56. The number of hydrogen-bond donors (Lipinski definition) is 1. The molecular formula is C27H22N2S. The number of benzene rings is 3. The average molecular weight is 407 g/mol. The van der Waals surface area contributed by atoms with Crippen molar-refractivity contribution in [3.8, 4) is 11.1 Å². The first-order chi connectivity index (χ1) is 14.5. The van der Waals surface area contributed by atoms with Gasteiger partial charge >= 0.3 is 0 Å². The van der Waals surface area contributed by atoms with Crippen LogP contribution in [0.5, 0.6) is 0 Å². The highest BCUT2D eigenvalue weighted by atomic mass is 32.2. The lowest BCUT2D eigenvalue weighted by atomic mass is 9.82. The van der Waals surface area contributed by atoms with Crippen molar-refractivity contribution < 1.29 is 0 Å². The topological polar surface area (TPSA) is 36.2 Å². The fraction of sp³-hybridized carbons (Fsp3) is 0.111. The maximum absolute atomic E-state index is 8.56. The van der Waals surface area contributed by atoms with Gasteiger partial charge in [0.2, 0.25) is 0 Å². The minimum Gasteiger partial charge on any atom is -0.300 e. The molecule has 1 aliphatic heterocycles. The van der Waals surface area contributed by atoms with Crippen LogP contribution in [0.15, 0.2) is 88.8 Å². The lowest BCUT2D eigenvalue weighted by Crippen LogP contribution is -2.15. The largest absolute Gasteiger partial charge is 0.300 e. The third-order valence-electron chi connectivity index (χ3n) is 6.02. The van der Waals surface area contributed by atoms with Gasteiger partial charge < -0.3 is 0 Å². The van der Waals surface area contributed by atoms with E-state index in [1.165, 1.54) is 22.3 Å². The Balaban J connectivity index is 1.59. The van der Waals surface area contributed by atoms with Gasteiger partial charge in [-0.05, 0) is 46.7 Å². The van der Waals surface area contributed by atoms with Crippen LogP contribution in [-0.2, 0) is 5.41 Å². The van der Waals surface area contributed by atoms with Gasteiger partial charge in [-0.15, -0.1) is 0 Å². The number of hydrogen-bond acceptors (Lipinski definition) is 3. The van der Waals surface area contributed by atoms with E-state index in [2.05, 4.69) is 80.2 Å². The Morgan fingerprint density at radius 2 is 1.60 bits per heavy atom. The molecule has 5 rings (SSSR count). The molecule has 0 unspecified atom stereocenters. The second-order valence-corrected chi connectivity index (χ2v) is 9.21. The van der Waals surface area contributed by atoms with E-state index in [4.69, 9.17) is 5.41 Å². The summed E-state index contributed by atoms with van der Waals surface area (Å²) in [6.07, 6.45) is 1.92. The first kappa shape index (κ1) is 18.8. The fourth-order valence-electron chi connectivity index (χ4n) is 4.46. The summed E-state index contributed by atoms with van der Waals surface area (Å²) in [5.41, 5.74) is 8.58. The lowest BCUT2D eigenvalue weighted by Gasteiger charge is -2.22. The maximum Gasteiger partial charge on any atom is 0.0855 e. The van der Waals surface area contributed by atoms with Crippen LogP contribution in [-0.4, -0.2) is 12.4 Å². The first-order valence-corrected chi connectivity index (χ1v) is 10.8. The average Bonchev–Trinajstić information content (AvgIpc) is 3.26. The molecule has 0 radical (unpaired) electrons. The third-order valence-corrected chi connectivity index (χ3v) is 7.21. The predicted octanol–water partition coefficient (Wildman–Crippen LogP) is 7.17. The standard InChI is InChI=1S/C27H22N2S/c1-27(2)21-12-8-7-11-19(21)20-14-13-18(15-22(20)27)25(29-3)26-23(28)16-24(30-26)17-9-5-4-6-10-17/h4-16,28H,3H2,1-2H3/b26-25+,28-23?. The third kappa shape index (κ3) is 2.81. The Hall–Kier alpha value is -3.17. The molecule has 2 nitrogen and oxygen atoms in total. The molecule has 0 amide bonds. The van der Waals surface area contributed by atoms with Crippen LogP contribution in [0.4, 0.5) is 0 Å². The molecule has 0 bridgehead atoms. The molecule has 0 saturated carbocycles. The molecule has 1 aliphatic carbocycles. The number of nitrogens with zero attached hydrogens (tertiary/aromatic N) is 1. The van der Waals surface area contributed by atoms with Gasteiger partial charge in [0.05, 0.1) is 16.3 Å². The molecule has 3 aromatic carbocycles. The zero-order valence-corrected chi connectivity index (χ0v) is 17.9. The summed E-state index contributed by atoms with van der Waals surface area (Å²) < 4.78 is 0. The number of allylic oxidation sites excluding steroid dienone is 2. The second kappa shape index (κ2) is 6.96. The molecule has 3 aromatic rings. The number of aliphatic imine (C=N–C) groups is 1. The summed E-state index contributed by atoms with van der Waals surface area (Å²) in [7, 11) is 0. The van der Waals surface area contributed by atoms with Crippen molar-refractivity contribution >= 4 is 34.8 Å². The zero-order valence-electron chi connectivity index (χ0n) is 17.1. The molecule has 0 fully saturated rings. The second-order valence-electron chi connectivity index (χ2n) is 8.16. The van der Waals surface area contributed by atoms with Crippen LogP contribution in [0.3, 0.4) is 0 Å². The number of rotatable bonds is 3. The van der Waals surface area contributed by atoms with E-state index in [1.54, 1.807) is 11.8 Å². The lowest BCUT2D eigenvalue weighted by molar-refractivity contribution is 0.660. The van der Waals surface area contributed by atoms with Crippen molar-refractivity contribution in [1.82, 2.24) is 0 Å². The molecule has 0 atom stereocenters. The van der Waals surface area contributed by atoms with E-state index in [-0.39, 0.29) is 5.41 Å². The molecule has 0 spiro atoms. The van der Waals surface area contributed by atoms with Crippen molar-refractivity contribution in [2.75, 3.05) is 0 Å². The smallest absolute Gasteiger partial charge is 0.0855 e. The fourth-order valence-corrected chi connectivity index (χ4v) is 5.56. The van der Waals surface area contributed by atoms with Crippen LogP contribution in [0.2, 0.25) is 0 Å². The van der Waals surface area contributed by atoms with Crippen molar-refractivity contribution in [2.24, 2.45) is 4.99 Å². The van der Waals surface area contributed by atoms with Crippen molar-refractivity contribution in [2.45, 2.75) is 19.3 Å². The predicted molar refractivity (Wildman–Crippen MR) is 130 cm³/mol. The van der Waals surface area contributed by atoms with Gasteiger partial charge in [-0.25, -0.2) is 0 Å². The summed E-state index contributed by atoms with van der Waals surface area (Å²) >= 11 is 1.60. The van der Waals surface area contributed by atoms with Crippen LogP contribution in [0.1, 0.15) is 36.1 Å². The van der Waals surface area contributed by atoms with Crippen LogP contribution < -0.4 is 0 Å². The molecule has 3 heteroatoms.